The van der Waals surface area contributed by atoms with Crippen molar-refractivity contribution in [3.63, 3.8) is 0 Å². The molecule has 21 heavy (non-hydrogen) atoms. The first kappa shape index (κ1) is 16.2. The van der Waals surface area contributed by atoms with Crippen LogP contribution in [0.5, 0.6) is 11.5 Å². The van der Waals surface area contributed by atoms with E-state index in [-0.39, 0.29) is 16.6 Å². The third-order valence-corrected chi connectivity index (χ3v) is 3.75. The zero-order valence-corrected chi connectivity index (χ0v) is 13.3. The van der Waals surface area contributed by atoms with Gasteiger partial charge in [-0.2, -0.15) is 13.2 Å². The van der Waals surface area contributed by atoms with E-state index in [1.165, 1.54) is 12.1 Å². The quantitative estimate of drug-likeness (QED) is 0.564. The smallest absolute Gasteiger partial charge is 0.416 e. The maximum absolute atomic E-state index is 13.0. The van der Waals surface area contributed by atoms with Crippen molar-refractivity contribution in [2.45, 2.75) is 18.4 Å². The predicted octanol–water partition coefficient (Wildman–Crippen LogP) is 6.35. The fourth-order valence-electron chi connectivity index (χ4n) is 1.81. The minimum atomic E-state index is -4.42. The van der Waals surface area contributed by atoms with Gasteiger partial charge < -0.3 is 4.74 Å². The Morgan fingerprint density at radius 2 is 1.86 bits per heavy atom. The molecule has 0 saturated heterocycles. The molecule has 0 N–H and O–H groups in total. The molecule has 6 heteroatoms. The van der Waals surface area contributed by atoms with Crippen molar-refractivity contribution in [3.8, 4) is 11.5 Å². The van der Waals surface area contributed by atoms with Gasteiger partial charge in [0.15, 0.2) is 0 Å². The van der Waals surface area contributed by atoms with Crippen LogP contribution in [0.1, 0.15) is 16.7 Å². The molecule has 1 nitrogen and oxygen atoms in total. The standard InChI is InChI=1S/C15H11BrClF3O/c1-9-2-4-11(17)6-14(9)21-12-5-3-10(8-16)13(7-12)15(18,19)20/h2-7H,8H2,1H3. The Bertz CT molecular complexity index is 656. The zero-order valence-electron chi connectivity index (χ0n) is 11.0. The van der Waals surface area contributed by atoms with Gasteiger partial charge in [-0.25, -0.2) is 0 Å². The van der Waals surface area contributed by atoms with Gasteiger partial charge in [-0.15, -0.1) is 0 Å². The number of ether oxygens (including phenoxy) is 1. The monoisotopic (exact) mass is 378 g/mol. The number of aryl methyl sites for hydroxylation is 1. The Morgan fingerprint density at radius 1 is 1.14 bits per heavy atom. The van der Waals surface area contributed by atoms with Crippen LogP contribution in [0.4, 0.5) is 13.2 Å². The largest absolute Gasteiger partial charge is 0.457 e. The molecule has 0 saturated carbocycles. The summed E-state index contributed by atoms with van der Waals surface area (Å²) in [7, 11) is 0. The summed E-state index contributed by atoms with van der Waals surface area (Å²) in [5.74, 6) is 0.555. The third kappa shape index (κ3) is 3.92. The number of hydrogen-bond donors (Lipinski definition) is 0. The molecule has 0 radical (unpaired) electrons. The average Bonchev–Trinajstić information content (AvgIpc) is 2.42. The van der Waals surface area contributed by atoms with Gasteiger partial charge in [0.05, 0.1) is 5.56 Å². The lowest BCUT2D eigenvalue weighted by molar-refractivity contribution is -0.138. The van der Waals surface area contributed by atoms with Crippen molar-refractivity contribution >= 4 is 27.5 Å². The molecule has 2 rings (SSSR count). The lowest BCUT2D eigenvalue weighted by Gasteiger charge is -2.14. The lowest BCUT2D eigenvalue weighted by Crippen LogP contribution is -2.08. The topological polar surface area (TPSA) is 9.23 Å². The van der Waals surface area contributed by atoms with Crippen LogP contribution in [0.2, 0.25) is 5.02 Å². The van der Waals surface area contributed by atoms with Crippen LogP contribution in [-0.2, 0) is 11.5 Å². The first-order valence-electron chi connectivity index (χ1n) is 6.01. The highest BCUT2D eigenvalue weighted by molar-refractivity contribution is 9.08. The minimum Gasteiger partial charge on any atom is -0.457 e. The van der Waals surface area contributed by atoms with E-state index in [4.69, 9.17) is 16.3 Å². The lowest BCUT2D eigenvalue weighted by atomic mass is 10.1. The highest BCUT2D eigenvalue weighted by Gasteiger charge is 2.33. The average molecular weight is 380 g/mol. The van der Waals surface area contributed by atoms with Crippen LogP contribution in [-0.4, -0.2) is 0 Å². The third-order valence-electron chi connectivity index (χ3n) is 2.91. The Labute approximate surface area is 133 Å². The van der Waals surface area contributed by atoms with E-state index in [1.54, 1.807) is 25.1 Å². The second-order valence-corrected chi connectivity index (χ2v) is 5.46. The molecule has 0 unspecified atom stereocenters. The second kappa shape index (κ2) is 6.28. The second-order valence-electron chi connectivity index (χ2n) is 4.46. The van der Waals surface area contributed by atoms with Crippen LogP contribution < -0.4 is 4.74 Å². The van der Waals surface area contributed by atoms with E-state index >= 15 is 0 Å². The molecule has 2 aromatic carbocycles. The number of benzene rings is 2. The molecule has 112 valence electrons. The summed E-state index contributed by atoms with van der Waals surface area (Å²) in [5.41, 5.74) is 0.242. The van der Waals surface area contributed by atoms with Crippen molar-refractivity contribution in [2.75, 3.05) is 0 Å². The van der Waals surface area contributed by atoms with Crippen LogP contribution in [0.3, 0.4) is 0 Å². The van der Waals surface area contributed by atoms with E-state index in [9.17, 15) is 13.2 Å². The zero-order chi connectivity index (χ0) is 15.6. The Balaban J connectivity index is 2.39. The van der Waals surface area contributed by atoms with Crippen molar-refractivity contribution < 1.29 is 17.9 Å². The van der Waals surface area contributed by atoms with Gasteiger partial charge >= 0.3 is 6.18 Å². The summed E-state index contributed by atoms with van der Waals surface area (Å²) in [6, 6.07) is 8.91. The molecule has 0 aromatic heterocycles. The molecule has 2 aromatic rings. The summed E-state index contributed by atoms with van der Waals surface area (Å²) in [6.45, 7) is 1.79. The van der Waals surface area contributed by atoms with E-state index in [0.717, 1.165) is 11.6 Å². The van der Waals surface area contributed by atoms with Crippen LogP contribution in [0, 0.1) is 6.92 Å². The SMILES string of the molecule is Cc1ccc(Cl)cc1Oc1ccc(CBr)c(C(F)(F)F)c1. The normalized spacial score (nSPS) is 11.5. The molecule has 0 fully saturated rings. The van der Waals surface area contributed by atoms with E-state index in [1.807, 2.05) is 0 Å². The van der Waals surface area contributed by atoms with Gasteiger partial charge in [0.2, 0.25) is 0 Å². The number of hydrogen-bond acceptors (Lipinski definition) is 1. The number of rotatable bonds is 3. The Hall–Kier alpha value is -1.20. The maximum Gasteiger partial charge on any atom is 0.416 e. The molecular weight excluding hydrogens is 369 g/mol. The van der Waals surface area contributed by atoms with Gasteiger partial charge in [-0.1, -0.05) is 39.7 Å². The van der Waals surface area contributed by atoms with E-state index in [0.29, 0.717) is 10.8 Å². The summed E-state index contributed by atoms with van der Waals surface area (Å²) in [4.78, 5) is 0. The summed E-state index contributed by atoms with van der Waals surface area (Å²) in [6.07, 6.45) is -4.42. The van der Waals surface area contributed by atoms with Gasteiger partial charge in [0.1, 0.15) is 11.5 Å². The molecular formula is C15H11BrClF3O. The maximum atomic E-state index is 13.0. The molecule has 0 bridgehead atoms. The molecule has 0 aliphatic rings. The summed E-state index contributed by atoms with van der Waals surface area (Å²) in [5, 5.41) is 0.585. The molecule has 0 amide bonds. The number of alkyl halides is 4. The van der Waals surface area contributed by atoms with E-state index < -0.39 is 11.7 Å². The molecule has 0 spiro atoms. The molecule has 0 aliphatic heterocycles. The summed E-state index contributed by atoms with van der Waals surface area (Å²) < 4.78 is 44.5. The fraction of sp³-hybridized carbons (Fsp3) is 0.200. The van der Waals surface area contributed by atoms with Crippen molar-refractivity contribution in [2.24, 2.45) is 0 Å². The Kier molecular flexibility index (Phi) is 4.84. The molecule has 0 atom stereocenters. The first-order chi connectivity index (χ1) is 9.81. The summed E-state index contributed by atoms with van der Waals surface area (Å²) >= 11 is 8.92. The first-order valence-corrected chi connectivity index (χ1v) is 7.51. The van der Waals surface area contributed by atoms with E-state index in [2.05, 4.69) is 15.9 Å². The van der Waals surface area contributed by atoms with Gasteiger partial charge in [-0.05, 0) is 42.3 Å². The van der Waals surface area contributed by atoms with Crippen molar-refractivity contribution in [1.82, 2.24) is 0 Å². The fourth-order valence-corrected chi connectivity index (χ4v) is 2.46. The van der Waals surface area contributed by atoms with Gasteiger partial charge in [0, 0.05) is 10.4 Å². The van der Waals surface area contributed by atoms with Crippen molar-refractivity contribution in [3.05, 3.63) is 58.1 Å². The van der Waals surface area contributed by atoms with Gasteiger partial charge in [-0.3, -0.25) is 0 Å². The Morgan fingerprint density at radius 3 is 2.48 bits per heavy atom. The predicted molar refractivity (Wildman–Crippen MR) is 80.3 cm³/mol. The highest BCUT2D eigenvalue weighted by atomic mass is 79.9. The molecule has 0 aliphatic carbocycles. The van der Waals surface area contributed by atoms with Crippen LogP contribution in [0.25, 0.3) is 0 Å². The minimum absolute atomic E-state index is 0.123. The van der Waals surface area contributed by atoms with Crippen LogP contribution >= 0.6 is 27.5 Å². The highest BCUT2D eigenvalue weighted by Crippen LogP contribution is 2.37. The molecule has 0 heterocycles. The van der Waals surface area contributed by atoms with Gasteiger partial charge in [0.25, 0.3) is 0 Å². The number of halogens is 5. The van der Waals surface area contributed by atoms with Crippen LogP contribution in [0.15, 0.2) is 36.4 Å². The van der Waals surface area contributed by atoms with Crippen molar-refractivity contribution in [1.29, 1.82) is 0 Å².